The molecular formula is C13H13Cl2NO4. The van der Waals surface area contributed by atoms with Crippen LogP contribution in [0, 0.1) is 0 Å². The Morgan fingerprint density at radius 2 is 2.05 bits per heavy atom. The molecule has 1 aliphatic rings. The average Bonchev–Trinajstić information content (AvgIpc) is 2.35. The normalized spacial score (nSPS) is 16.6. The molecule has 0 spiro atoms. The van der Waals surface area contributed by atoms with Crippen LogP contribution in [0.3, 0.4) is 0 Å². The Hall–Kier alpha value is -1.30. The summed E-state index contributed by atoms with van der Waals surface area (Å²) in [5.74, 6) is -1.28. The van der Waals surface area contributed by atoms with Gasteiger partial charge in [-0.15, -0.1) is 0 Å². The van der Waals surface area contributed by atoms with E-state index in [2.05, 4.69) is 0 Å². The highest BCUT2D eigenvalue weighted by atomic mass is 35.5. The van der Waals surface area contributed by atoms with E-state index < -0.39 is 11.6 Å². The molecule has 1 aliphatic heterocycles. The fourth-order valence-corrected chi connectivity index (χ4v) is 2.45. The largest absolute Gasteiger partial charge is 0.480 e. The fourth-order valence-electron chi connectivity index (χ4n) is 2.07. The molecular weight excluding hydrogens is 305 g/mol. The van der Waals surface area contributed by atoms with Crippen molar-refractivity contribution in [3.63, 3.8) is 0 Å². The molecule has 0 aliphatic carbocycles. The van der Waals surface area contributed by atoms with Crippen molar-refractivity contribution in [3.8, 4) is 0 Å². The van der Waals surface area contributed by atoms with Crippen molar-refractivity contribution in [2.45, 2.75) is 12.5 Å². The molecule has 7 heteroatoms. The summed E-state index contributed by atoms with van der Waals surface area (Å²) in [5, 5.41) is 9.12. The molecule has 1 N–H and O–H groups in total. The first-order valence-corrected chi connectivity index (χ1v) is 6.67. The number of nitrogens with zero attached hydrogens (tertiary/aromatic N) is 1. The Bertz CT molecular complexity index is 555. The molecule has 5 nitrogen and oxygen atoms in total. The lowest BCUT2D eigenvalue weighted by molar-refractivity contribution is -0.159. The van der Waals surface area contributed by atoms with E-state index in [-0.39, 0.29) is 17.5 Å². The van der Waals surface area contributed by atoms with Crippen LogP contribution in [-0.4, -0.2) is 47.2 Å². The number of halogens is 2. The van der Waals surface area contributed by atoms with E-state index in [0.717, 1.165) is 0 Å². The van der Waals surface area contributed by atoms with Gasteiger partial charge in [0.1, 0.15) is 12.2 Å². The van der Waals surface area contributed by atoms with Crippen LogP contribution in [0.1, 0.15) is 17.3 Å². The van der Waals surface area contributed by atoms with Crippen LogP contribution >= 0.6 is 23.2 Å². The Labute approximate surface area is 126 Å². The molecule has 0 aromatic heterocycles. The molecule has 1 saturated heterocycles. The number of aliphatic carboxylic acids is 1. The number of ether oxygens (including phenoxy) is 1. The molecule has 2 rings (SSSR count). The zero-order valence-corrected chi connectivity index (χ0v) is 12.2. The second-order valence-electron chi connectivity index (χ2n) is 4.89. The zero-order valence-electron chi connectivity index (χ0n) is 10.7. The van der Waals surface area contributed by atoms with Crippen LogP contribution in [0.25, 0.3) is 0 Å². The number of carboxylic acids is 1. The number of rotatable bonds is 4. The third-order valence-corrected chi connectivity index (χ3v) is 3.88. The summed E-state index contributed by atoms with van der Waals surface area (Å²) in [5.41, 5.74) is -0.293. The summed E-state index contributed by atoms with van der Waals surface area (Å²) in [4.78, 5) is 24.2. The van der Waals surface area contributed by atoms with Crippen molar-refractivity contribution in [3.05, 3.63) is 33.8 Å². The van der Waals surface area contributed by atoms with Gasteiger partial charge in [0.05, 0.1) is 28.7 Å². The van der Waals surface area contributed by atoms with Crippen LogP contribution in [0.5, 0.6) is 0 Å². The van der Waals surface area contributed by atoms with Gasteiger partial charge in [-0.3, -0.25) is 4.79 Å². The molecule has 20 heavy (non-hydrogen) atoms. The van der Waals surface area contributed by atoms with Gasteiger partial charge in [0.15, 0.2) is 0 Å². The fraction of sp³-hybridized carbons (Fsp3) is 0.385. The molecule has 1 aromatic carbocycles. The van der Waals surface area contributed by atoms with Gasteiger partial charge in [-0.1, -0.05) is 29.3 Å². The summed E-state index contributed by atoms with van der Waals surface area (Å²) >= 11 is 11.9. The van der Waals surface area contributed by atoms with Gasteiger partial charge in [-0.25, -0.2) is 4.79 Å². The van der Waals surface area contributed by atoms with Gasteiger partial charge >= 0.3 is 5.97 Å². The maximum Gasteiger partial charge on any atom is 0.329 e. The van der Waals surface area contributed by atoms with Crippen LogP contribution in [0.15, 0.2) is 18.2 Å². The Kier molecular flexibility index (Phi) is 4.22. The van der Waals surface area contributed by atoms with Gasteiger partial charge in [0.2, 0.25) is 0 Å². The number of carbonyl (C=O) groups excluding carboxylic acids is 1. The summed E-state index contributed by atoms with van der Waals surface area (Å²) in [6.45, 7) is 2.03. The highest BCUT2D eigenvalue weighted by molar-refractivity contribution is 6.43. The van der Waals surface area contributed by atoms with Crippen molar-refractivity contribution < 1.29 is 19.4 Å². The predicted octanol–water partition coefficient (Wildman–Crippen LogP) is 2.31. The molecule has 1 aromatic rings. The smallest absolute Gasteiger partial charge is 0.329 e. The lowest BCUT2D eigenvalue weighted by Crippen LogP contribution is -2.63. The maximum atomic E-state index is 12.2. The third kappa shape index (κ3) is 3.06. The first-order chi connectivity index (χ1) is 9.32. The van der Waals surface area contributed by atoms with Gasteiger partial charge in [-0.05, 0) is 19.1 Å². The minimum absolute atomic E-state index is 0.222. The molecule has 1 amide bonds. The number of likely N-dealkylation sites (tertiary alicyclic amines) is 1. The molecule has 0 saturated carbocycles. The van der Waals surface area contributed by atoms with E-state index in [1.54, 1.807) is 30.0 Å². The lowest BCUT2D eigenvalue weighted by Gasteiger charge is -2.47. The summed E-state index contributed by atoms with van der Waals surface area (Å²) in [6.07, 6.45) is 0. The second kappa shape index (κ2) is 5.60. The molecule has 0 bridgehead atoms. The minimum atomic E-state index is -1.03. The van der Waals surface area contributed by atoms with E-state index in [1.807, 2.05) is 0 Å². The monoisotopic (exact) mass is 317 g/mol. The first-order valence-electron chi connectivity index (χ1n) is 5.91. The van der Waals surface area contributed by atoms with E-state index in [1.165, 1.54) is 0 Å². The van der Waals surface area contributed by atoms with Crippen LogP contribution in [0.4, 0.5) is 0 Å². The zero-order chi connectivity index (χ0) is 14.9. The molecule has 0 radical (unpaired) electrons. The molecule has 0 unspecified atom stereocenters. The van der Waals surface area contributed by atoms with Crippen molar-refractivity contribution in [2.24, 2.45) is 0 Å². The van der Waals surface area contributed by atoms with E-state index >= 15 is 0 Å². The summed E-state index contributed by atoms with van der Waals surface area (Å²) in [7, 11) is 0. The van der Waals surface area contributed by atoms with Crippen LogP contribution in [0.2, 0.25) is 10.0 Å². The standard InChI is InChI=1S/C13H13Cl2NO4/c1-13(20-5-10(17)18)6-16(7-13)12(19)8-3-2-4-9(14)11(8)15/h2-4H,5-7H2,1H3,(H,17,18). The Morgan fingerprint density at radius 1 is 1.40 bits per heavy atom. The number of benzene rings is 1. The van der Waals surface area contributed by atoms with Crippen molar-refractivity contribution in [1.82, 2.24) is 4.90 Å². The lowest BCUT2D eigenvalue weighted by atomic mass is 9.95. The molecule has 108 valence electrons. The second-order valence-corrected chi connectivity index (χ2v) is 5.68. The Balaban J connectivity index is 2.00. The van der Waals surface area contributed by atoms with Crippen LogP contribution in [-0.2, 0) is 9.53 Å². The number of amides is 1. The topological polar surface area (TPSA) is 66.8 Å². The third-order valence-electron chi connectivity index (χ3n) is 3.06. The quantitative estimate of drug-likeness (QED) is 0.925. The number of carboxylic acid groups (broad SMARTS) is 1. The van der Waals surface area contributed by atoms with E-state index in [4.69, 9.17) is 33.0 Å². The molecule has 1 heterocycles. The number of hydrogen-bond donors (Lipinski definition) is 1. The van der Waals surface area contributed by atoms with Crippen molar-refractivity contribution in [1.29, 1.82) is 0 Å². The summed E-state index contributed by atoms with van der Waals surface area (Å²) in [6, 6.07) is 4.86. The van der Waals surface area contributed by atoms with Gasteiger partial charge < -0.3 is 14.7 Å². The van der Waals surface area contributed by atoms with E-state index in [0.29, 0.717) is 23.7 Å². The number of hydrogen-bond acceptors (Lipinski definition) is 3. The number of carbonyl (C=O) groups is 2. The highest BCUT2D eigenvalue weighted by Crippen LogP contribution is 2.31. The van der Waals surface area contributed by atoms with Gasteiger partial charge in [0, 0.05) is 0 Å². The SMILES string of the molecule is CC1(OCC(=O)O)CN(C(=O)c2cccc(Cl)c2Cl)C1. The van der Waals surface area contributed by atoms with Crippen LogP contribution < -0.4 is 0 Å². The maximum absolute atomic E-state index is 12.2. The average molecular weight is 318 g/mol. The van der Waals surface area contributed by atoms with Crippen molar-refractivity contribution in [2.75, 3.05) is 19.7 Å². The predicted molar refractivity (Wildman–Crippen MR) is 74.4 cm³/mol. The van der Waals surface area contributed by atoms with E-state index in [9.17, 15) is 9.59 Å². The molecule has 0 atom stereocenters. The first kappa shape index (κ1) is 15.1. The summed E-state index contributed by atoms with van der Waals surface area (Å²) < 4.78 is 5.24. The van der Waals surface area contributed by atoms with Gasteiger partial charge in [-0.2, -0.15) is 0 Å². The van der Waals surface area contributed by atoms with Crippen molar-refractivity contribution >= 4 is 35.1 Å². The van der Waals surface area contributed by atoms with Gasteiger partial charge in [0.25, 0.3) is 5.91 Å². The minimum Gasteiger partial charge on any atom is -0.480 e. The molecule has 1 fully saturated rings. The Morgan fingerprint density at radius 3 is 2.65 bits per heavy atom. The highest BCUT2D eigenvalue weighted by Gasteiger charge is 2.43.